The maximum absolute atomic E-state index is 13.6. The van der Waals surface area contributed by atoms with Crippen LogP contribution in [0, 0.1) is 5.82 Å². The predicted molar refractivity (Wildman–Crippen MR) is 91.1 cm³/mol. The van der Waals surface area contributed by atoms with Gasteiger partial charge in [0.25, 0.3) is 0 Å². The lowest BCUT2D eigenvalue weighted by molar-refractivity contribution is -0.160. The fourth-order valence-electron chi connectivity index (χ4n) is 3.95. The molecule has 0 spiro atoms. The Hall–Kier alpha value is -2.21. The average Bonchev–Trinajstić information content (AvgIpc) is 2.55. The molecule has 2 fully saturated rings. The summed E-state index contributed by atoms with van der Waals surface area (Å²) < 4.78 is 19.7. The third kappa shape index (κ3) is 2.84. The molecule has 0 radical (unpaired) electrons. The van der Waals surface area contributed by atoms with Gasteiger partial charge in [0.1, 0.15) is 23.2 Å². The van der Waals surface area contributed by atoms with Gasteiger partial charge in [0.05, 0.1) is 5.52 Å². The Morgan fingerprint density at radius 2 is 2.04 bits per heavy atom. The van der Waals surface area contributed by atoms with E-state index in [-0.39, 0.29) is 11.9 Å². The lowest BCUT2D eigenvalue weighted by Crippen LogP contribution is -2.61. The molecule has 1 aliphatic carbocycles. The van der Waals surface area contributed by atoms with Crippen LogP contribution >= 0.6 is 0 Å². The van der Waals surface area contributed by atoms with Crippen LogP contribution in [0.25, 0.3) is 10.9 Å². The summed E-state index contributed by atoms with van der Waals surface area (Å²) >= 11 is 0. The zero-order chi connectivity index (χ0) is 17.4. The number of carbonyl (C=O) groups is 1. The number of nitrogens with zero attached hydrogens (tertiary/aromatic N) is 2. The van der Waals surface area contributed by atoms with E-state index in [1.165, 1.54) is 12.1 Å². The number of hydrogen-bond acceptors (Lipinski definition) is 4. The largest absolute Gasteiger partial charge is 0.490 e. The summed E-state index contributed by atoms with van der Waals surface area (Å²) in [6, 6.07) is 6.24. The van der Waals surface area contributed by atoms with E-state index in [0.29, 0.717) is 29.7 Å². The Balaban J connectivity index is 1.46. The molecule has 25 heavy (non-hydrogen) atoms. The van der Waals surface area contributed by atoms with Crippen LogP contribution in [0.5, 0.6) is 5.75 Å². The SMILES string of the molecule is O=C(O)C1(N2CCC(Oc3ccnc4ccc(F)cc34)CC2)CCC1. The first-order valence-electron chi connectivity index (χ1n) is 8.78. The van der Waals surface area contributed by atoms with E-state index in [4.69, 9.17) is 4.74 Å². The van der Waals surface area contributed by atoms with Crippen LogP contribution in [-0.2, 0) is 4.79 Å². The Labute approximate surface area is 145 Å². The van der Waals surface area contributed by atoms with E-state index in [2.05, 4.69) is 9.88 Å². The van der Waals surface area contributed by atoms with E-state index in [9.17, 15) is 14.3 Å². The van der Waals surface area contributed by atoms with Gasteiger partial charge in [0, 0.05) is 24.7 Å². The highest BCUT2D eigenvalue weighted by Crippen LogP contribution is 2.40. The summed E-state index contributed by atoms with van der Waals surface area (Å²) in [6.07, 6.45) is 5.68. The molecule has 1 aliphatic heterocycles. The van der Waals surface area contributed by atoms with Gasteiger partial charge in [-0.1, -0.05) is 0 Å². The number of halogens is 1. The molecule has 1 aromatic heterocycles. The number of carboxylic acid groups (broad SMARTS) is 1. The van der Waals surface area contributed by atoms with Crippen LogP contribution < -0.4 is 4.74 Å². The van der Waals surface area contributed by atoms with Gasteiger partial charge < -0.3 is 9.84 Å². The maximum atomic E-state index is 13.6. The van der Waals surface area contributed by atoms with Crippen LogP contribution in [-0.4, -0.2) is 45.7 Å². The summed E-state index contributed by atoms with van der Waals surface area (Å²) in [5.74, 6) is -0.373. The Bertz CT molecular complexity index is 798. The van der Waals surface area contributed by atoms with Gasteiger partial charge in [-0.3, -0.25) is 14.7 Å². The van der Waals surface area contributed by atoms with Crippen molar-refractivity contribution in [2.75, 3.05) is 13.1 Å². The number of likely N-dealkylation sites (tertiary alicyclic amines) is 1. The molecule has 5 nitrogen and oxygen atoms in total. The van der Waals surface area contributed by atoms with Gasteiger partial charge in [-0.2, -0.15) is 0 Å². The highest BCUT2D eigenvalue weighted by molar-refractivity contribution is 5.84. The topological polar surface area (TPSA) is 62.7 Å². The molecule has 0 atom stereocenters. The van der Waals surface area contributed by atoms with Gasteiger partial charge in [-0.15, -0.1) is 0 Å². The van der Waals surface area contributed by atoms with Crippen molar-refractivity contribution in [3.05, 3.63) is 36.3 Å². The number of hydrogen-bond donors (Lipinski definition) is 1. The molecule has 2 aliphatic rings. The lowest BCUT2D eigenvalue weighted by Gasteiger charge is -2.49. The van der Waals surface area contributed by atoms with Gasteiger partial charge >= 0.3 is 5.97 Å². The van der Waals surface area contributed by atoms with Gasteiger partial charge in [-0.05, 0) is 56.4 Å². The number of ether oxygens (including phenoxy) is 1. The number of aromatic nitrogens is 1. The number of benzene rings is 1. The molecule has 6 heteroatoms. The smallest absolute Gasteiger partial charge is 0.324 e. The average molecular weight is 344 g/mol. The van der Waals surface area contributed by atoms with Crippen LogP contribution in [0.2, 0.25) is 0 Å². The standard InChI is InChI=1S/C19H21FN2O3/c20-13-2-3-16-15(12-13)17(4-9-21-16)25-14-5-10-22(11-6-14)19(18(23)24)7-1-8-19/h2-4,9,12,14H,1,5-8,10-11H2,(H,23,24). The van der Waals surface area contributed by atoms with Crippen LogP contribution in [0.1, 0.15) is 32.1 Å². The molecule has 4 rings (SSSR count). The normalized spacial score (nSPS) is 21.0. The molecule has 1 aromatic carbocycles. The summed E-state index contributed by atoms with van der Waals surface area (Å²) in [5, 5.41) is 10.2. The van der Waals surface area contributed by atoms with E-state index in [1.807, 2.05) is 0 Å². The van der Waals surface area contributed by atoms with Crippen LogP contribution in [0.4, 0.5) is 4.39 Å². The molecule has 0 amide bonds. The van der Waals surface area contributed by atoms with Crippen molar-refractivity contribution in [1.29, 1.82) is 0 Å². The van der Waals surface area contributed by atoms with Crippen molar-refractivity contribution < 1.29 is 19.0 Å². The minimum absolute atomic E-state index is 0.0102. The number of aliphatic carboxylic acids is 1. The first-order valence-corrected chi connectivity index (χ1v) is 8.78. The maximum Gasteiger partial charge on any atom is 0.324 e. The molecule has 2 aromatic rings. The number of fused-ring (bicyclic) bond motifs is 1. The first kappa shape index (κ1) is 16.3. The Morgan fingerprint density at radius 3 is 2.68 bits per heavy atom. The van der Waals surface area contributed by atoms with Crippen molar-refractivity contribution in [1.82, 2.24) is 9.88 Å². The second-order valence-corrected chi connectivity index (χ2v) is 6.97. The summed E-state index contributed by atoms with van der Waals surface area (Å²) in [5.41, 5.74) is 0.0490. The Morgan fingerprint density at radius 1 is 1.28 bits per heavy atom. The van der Waals surface area contributed by atoms with Gasteiger partial charge in [-0.25, -0.2) is 4.39 Å². The number of rotatable bonds is 4. The number of pyridine rings is 1. The van der Waals surface area contributed by atoms with E-state index < -0.39 is 11.5 Å². The second kappa shape index (κ2) is 6.26. The van der Waals surface area contributed by atoms with Crippen LogP contribution in [0.3, 0.4) is 0 Å². The molecule has 1 saturated heterocycles. The zero-order valence-corrected chi connectivity index (χ0v) is 13.9. The molecule has 1 saturated carbocycles. The molecule has 2 heterocycles. The lowest BCUT2D eigenvalue weighted by atomic mass is 9.74. The van der Waals surface area contributed by atoms with E-state index >= 15 is 0 Å². The first-order chi connectivity index (χ1) is 12.1. The molecular formula is C19H21FN2O3. The fraction of sp³-hybridized carbons (Fsp3) is 0.474. The third-order valence-corrected chi connectivity index (χ3v) is 5.58. The van der Waals surface area contributed by atoms with Crippen molar-refractivity contribution >= 4 is 16.9 Å². The molecular weight excluding hydrogens is 323 g/mol. The van der Waals surface area contributed by atoms with Crippen molar-refractivity contribution in [2.24, 2.45) is 0 Å². The molecule has 0 bridgehead atoms. The van der Waals surface area contributed by atoms with E-state index in [1.54, 1.807) is 18.3 Å². The molecule has 0 unspecified atom stereocenters. The Kier molecular flexibility index (Phi) is 4.07. The monoisotopic (exact) mass is 344 g/mol. The second-order valence-electron chi connectivity index (χ2n) is 6.97. The van der Waals surface area contributed by atoms with Crippen molar-refractivity contribution in [3.63, 3.8) is 0 Å². The van der Waals surface area contributed by atoms with E-state index in [0.717, 1.165) is 32.1 Å². The van der Waals surface area contributed by atoms with Gasteiger partial charge in [0.2, 0.25) is 0 Å². The third-order valence-electron chi connectivity index (χ3n) is 5.58. The van der Waals surface area contributed by atoms with Gasteiger partial charge in [0.15, 0.2) is 0 Å². The highest BCUT2D eigenvalue weighted by atomic mass is 19.1. The number of piperidine rings is 1. The minimum Gasteiger partial charge on any atom is -0.490 e. The van der Waals surface area contributed by atoms with Crippen molar-refractivity contribution in [2.45, 2.75) is 43.7 Å². The quantitative estimate of drug-likeness (QED) is 0.923. The summed E-state index contributed by atoms with van der Waals surface area (Å²) in [7, 11) is 0. The summed E-state index contributed by atoms with van der Waals surface area (Å²) in [4.78, 5) is 18.0. The zero-order valence-electron chi connectivity index (χ0n) is 13.9. The number of carboxylic acids is 1. The molecule has 1 N–H and O–H groups in total. The fourth-order valence-corrected chi connectivity index (χ4v) is 3.95. The molecule has 132 valence electrons. The summed E-state index contributed by atoms with van der Waals surface area (Å²) in [6.45, 7) is 1.43. The highest BCUT2D eigenvalue weighted by Gasteiger charge is 2.50. The van der Waals surface area contributed by atoms with Crippen molar-refractivity contribution in [3.8, 4) is 5.75 Å². The predicted octanol–water partition coefficient (Wildman–Crippen LogP) is 3.22. The van der Waals surface area contributed by atoms with Crippen LogP contribution in [0.15, 0.2) is 30.5 Å². The minimum atomic E-state index is -0.700.